The summed E-state index contributed by atoms with van der Waals surface area (Å²) in [4.78, 5) is 13.8. The predicted molar refractivity (Wildman–Crippen MR) is 67.6 cm³/mol. The van der Waals surface area contributed by atoms with Crippen molar-refractivity contribution in [3.05, 3.63) is 0 Å². The van der Waals surface area contributed by atoms with Crippen LogP contribution < -0.4 is 5.32 Å². The summed E-state index contributed by atoms with van der Waals surface area (Å²) in [7, 11) is -2.96. The zero-order chi connectivity index (χ0) is 13.1. The van der Waals surface area contributed by atoms with Crippen LogP contribution in [-0.4, -0.2) is 56.4 Å². The molecule has 1 fully saturated rings. The van der Waals surface area contributed by atoms with Crippen LogP contribution in [-0.2, 0) is 14.6 Å². The van der Waals surface area contributed by atoms with Crippen molar-refractivity contribution < 1.29 is 13.2 Å². The van der Waals surface area contributed by atoms with Gasteiger partial charge in [0.1, 0.15) is 9.84 Å². The predicted octanol–water partition coefficient (Wildman–Crippen LogP) is 0.0200. The summed E-state index contributed by atoms with van der Waals surface area (Å²) in [5.41, 5.74) is 0. The highest BCUT2D eigenvalue weighted by molar-refractivity contribution is 7.90. The second-order valence-corrected chi connectivity index (χ2v) is 7.06. The standard InChI is InChI=1S/C11H22N2O3S/c1-9-10(2)13(7-6-12-9)11(14)5-4-8-17(3,15)16/h9-10,12H,4-8H2,1-3H3. The maximum Gasteiger partial charge on any atom is 0.222 e. The molecule has 0 radical (unpaired) electrons. The van der Waals surface area contributed by atoms with Crippen LogP contribution in [0.3, 0.4) is 0 Å². The average Bonchev–Trinajstić information content (AvgIpc) is 2.20. The first-order valence-corrected chi connectivity index (χ1v) is 8.08. The number of nitrogens with one attached hydrogen (secondary N) is 1. The summed E-state index contributed by atoms with van der Waals surface area (Å²) in [6.07, 6.45) is 1.94. The van der Waals surface area contributed by atoms with Crippen molar-refractivity contribution in [1.29, 1.82) is 0 Å². The summed E-state index contributed by atoms with van der Waals surface area (Å²) in [5.74, 6) is 0.156. The topological polar surface area (TPSA) is 66.5 Å². The largest absolute Gasteiger partial charge is 0.337 e. The Labute approximate surface area is 103 Å². The van der Waals surface area contributed by atoms with Crippen LogP contribution in [0.25, 0.3) is 0 Å². The Morgan fingerprint density at radius 1 is 1.41 bits per heavy atom. The van der Waals surface area contributed by atoms with Gasteiger partial charge < -0.3 is 10.2 Å². The van der Waals surface area contributed by atoms with Gasteiger partial charge in [-0.1, -0.05) is 0 Å². The fourth-order valence-corrected chi connectivity index (χ4v) is 2.71. The number of piperazine rings is 1. The lowest BCUT2D eigenvalue weighted by molar-refractivity contribution is -0.134. The molecule has 1 amide bonds. The van der Waals surface area contributed by atoms with Gasteiger partial charge in [-0.25, -0.2) is 8.42 Å². The van der Waals surface area contributed by atoms with E-state index in [-0.39, 0.29) is 17.7 Å². The molecule has 1 aliphatic heterocycles. The monoisotopic (exact) mass is 262 g/mol. The Hall–Kier alpha value is -0.620. The highest BCUT2D eigenvalue weighted by atomic mass is 32.2. The number of carbonyl (C=O) groups excluding carboxylic acids is 1. The molecule has 1 heterocycles. The second-order valence-electron chi connectivity index (χ2n) is 4.80. The molecule has 6 heteroatoms. The maximum atomic E-state index is 11.9. The first-order chi connectivity index (χ1) is 7.81. The molecule has 100 valence electrons. The van der Waals surface area contributed by atoms with Gasteiger partial charge in [0.2, 0.25) is 5.91 Å². The molecular formula is C11H22N2O3S. The van der Waals surface area contributed by atoms with Crippen molar-refractivity contribution in [2.45, 2.75) is 38.8 Å². The number of hydrogen-bond acceptors (Lipinski definition) is 4. The minimum absolute atomic E-state index is 0.0644. The molecule has 0 aromatic heterocycles. The lowest BCUT2D eigenvalue weighted by atomic mass is 10.1. The average molecular weight is 262 g/mol. The van der Waals surface area contributed by atoms with Gasteiger partial charge >= 0.3 is 0 Å². The molecule has 0 saturated carbocycles. The van der Waals surface area contributed by atoms with E-state index in [1.165, 1.54) is 6.26 Å². The number of nitrogens with zero attached hydrogens (tertiary/aromatic N) is 1. The minimum Gasteiger partial charge on any atom is -0.337 e. The molecule has 17 heavy (non-hydrogen) atoms. The summed E-state index contributed by atoms with van der Waals surface area (Å²) >= 11 is 0. The first-order valence-electron chi connectivity index (χ1n) is 6.02. The van der Waals surface area contributed by atoms with Crippen molar-refractivity contribution >= 4 is 15.7 Å². The van der Waals surface area contributed by atoms with E-state index in [1.54, 1.807) is 0 Å². The van der Waals surface area contributed by atoms with E-state index in [0.29, 0.717) is 25.4 Å². The molecule has 0 bridgehead atoms. The van der Waals surface area contributed by atoms with E-state index in [4.69, 9.17) is 0 Å². The van der Waals surface area contributed by atoms with E-state index in [0.717, 1.165) is 6.54 Å². The van der Waals surface area contributed by atoms with Gasteiger partial charge in [-0.3, -0.25) is 4.79 Å². The van der Waals surface area contributed by atoms with Gasteiger partial charge in [-0.2, -0.15) is 0 Å². The van der Waals surface area contributed by atoms with Crippen molar-refractivity contribution in [3.63, 3.8) is 0 Å². The highest BCUT2D eigenvalue weighted by Gasteiger charge is 2.27. The number of carbonyl (C=O) groups is 1. The molecule has 1 N–H and O–H groups in total. The maximum absolute atomic E-state index is 11.9. The summed E-state index contributed by atoms with van der Waals surface area (Å²) in [6, 6.07) is 0.470. The van der Waals surface area contributed by atoms with Crippen molar-refractivity contribution in [2.24, 2.45) is 0 Å². The van der Waals surface area contributed by atoms with Crippen LogP contribution in [0.5, 0.6) is 0 Å². The van der Waals surface area contributed by atoms with Crippen LogP contribution in [0.2, 0.25) is 0 Å². The third kappa shape index (κ3) is 4.63. The third-order valence-electron chi connectivity index (χ3n) is 3.26. The smallest absolute Gasteiger partial charge is 0.222 e. The lowest BCUT2D eigenvalue weighted by Gasteiger charge is -2.38. The third-order valence-corrected chi connectivity index (χ3v) is 4.29. The zero-order valence-electron chi connectivity index (χ0n) is 10.8. The van der Waals surface area contributed by atoms with Crippen LogP contribution >= 0.6 is 0 Å². The van der Waals surface area contributed by atoms with Gasteiger partial charge in [0.15, 0.2) is 0 Å². The lowest BCUT2D eigenvalue weighted by Crippen LogP contribution is -2.57. The molecule has 0 aromatic carbocycles. The SMILES string of the molecule is CC1NCCN(C(=O)CCCS(C)(=O)=O)C1C. The molecule has 1 rings (SSSR count). The Kier molecular flexibility index (Phi) is 4.94. The Bertz CT molecular complexity index is 367. The van der Waals surface area contributed by atoms with Gasteiger partial charge in [-0.05, 0) is 20.3 Å². The van der Waals surface area contributed by atoms with E-state index < -0.39 is 9.84 Å². The molecule has 0 spiro atoms. The number of rotatable bonds is 4. The molecule has 5 nitrogen and oxygen atoms in total. The molecule has 2 atom stereocenters. The molecule has 0 aliphatic carbocycles. The van der Waals surface area contributed by atoms with Gasteiger partial charge in [0.25, 0.3) is 0 Å². The van der Waals surface area contributed by atoms with Crippen LogP contribution in [0, 0.1) is 0 Å². The molecule has 1 saturated heterocycles. The Morgan fingerprint density at radius 2 is 2.06 bits per heavy atom. The highest BCUT2D eigenvalue weighted by Crippen LogP contribution is 2.11. The van der Waals surface area contributed by atoms with Crippen molar-refractivity contribution in [2.75, 3.05) is 25.1 Å². The van der Waals surface area contributed by atoms with Gasteiger partial charge in [-0.15, -0.1) is 0 Å². The first kappa shape index (κ1) is 14.4. The van der Waals surface area contributed by atoms with E-state index in [9.17, 15) is 13.2 Å². The molecular weight excluding hydrogens is 240 g/mol. The molecule has 0 aromatic rings. The van der Waals surface area contributed by atoms with E-state index in [1.807, 2.05) is 11.8 Å². The molecule has 1 aliphatic rings. The van der Waals surface area contributed by atoms with Crippen LogP contribution in [0.4, 0.5) is 0 Å². The summed E-state index contributed by atoms with van der Waals surface area (Å²) in [6.45, 7) is 5.60. The minimum atomic E-state index is -2.96. The second kappa shape index (κ2) is 5.82. The summed E-state index contributed by atoms with van der Waals surface area (Å²) < 4.78 is 21.9. The number of amides is 1. The van der Waals surface area contributed by atoms with Crippen molar-refractivity contribution in [3.8, 4) is 0 Å². The molecule has 2 unspecified atom stereocenters. The van der Waals surface area contributed by atoms with Crippen molar-refractivity contribution in [1.82, 2.24) is 10.2 Å². The Morgan fingerprint density at radius 3 is 2.65 bits per heavy atom. The number of sulfone groups is 1. The zero-order valence-corrected chi connectivity index (χ0v) is 11.6. The fourth-order valence-electron chi connectivity index (χ4n) is 2.04. The normalized spacial score (nSPS) is 25.9. The fraction of sp³-hybridized carbons (Fsp3) is 0.909. The van der Waals surface area contributed by atoms with Gasteiger partial charge in [0.05, 0.1) is 5.75 Å². The Balaban J connectivity index is 2.42. The van der Waals surface area contributed by atoms with Crippen LogP contribution in [0.1, 0.15) is 26.7 Å². The summed E-state index contributed by atoms with van der Waals surface area (Å²) in [5, 5.41) is 3.31. The van der Waals surface area contributed by atoms with E-state index >= 15 is 0 Å². The quantitative estimate of drug-likeness (QED) is 0.775. The van der Waals surface area contributed by atoms with Crippen LogP contribution in [0.15, 0.2) is 0 Å². The van der Waals surface area contributed by atoms with Gasteiger partial charge in [0, 0.05) is 37.8 Å². The van der Waals surface area contributed by atoms with E-state index in [2.05, 4.69) is 12.2 Å². The number of hydrogen-bond donors (Lipinski definition) is 1.